The first-order chi connectivity index (χ1) is 13.9. The van der Waals surface area contributed by atoms with Crippen LogP contribution in [0.15, 0.2) is 103 Å². The third-order valence-electron chi connectivity index (χ3n) is 5.55. The van der Waals surface area contributed by atoms with E-state index in [1.807, 2.05) is 0 Å². The Balaban J connectivity index is 1.82. The summed E-state index contributed by atoms with van der Waals surface area (Å²) in [5.74, 6) is 0. The maximum atomic E-state index is 3.62. The van der Waals surface area contributed by atoms with Gasteiger partial charge >= 0.3 is 0 Å². The van der Waals surface area contributed by atoms with Crippen molar-refractivity contribution in [1.29, 1.82) is 0 Å². The number of hydrogen-bond acceptors (Lipinski definition) is 0. The summed E-state index contributed by atoms with van der Waals surface area (Å²) in [6.45, 7) is 0. The van der Waals surface area contributed by atoms with Gasteiger partial charge in [-0.3, -0.25) is 0 Å². The molecule has 6 aromatic rings. The predicted molar refractivity (Wildman–Crippen MR) is 118 cm³/mol. The van der Waals surface area contributed by atoms with Gasteiger partial charge in [-0.25, -0.2) is 0 Å². The van der Waals surface area contributed by atoms with Crippen LogP contribution in [0, 0.1) is 0 Å². The summed E-state index contributed by atoms with van der Waals surface area (Å²) in [7, 11) is 0. The van der Waals surface area contributed by atoms with E-state index in [9.17, 15) is 0 Å². The van der Waals surface area contributed by atoms with Gasteiger partial charge in [0.2, 0.25) is 0 Å². The quantitative estimate of drug-likeness (QED) is 0.346. The number of hydrogen-bond donors (Lipinski definition) is 1. The molecule has 0 aliphatic carbocycles. The summed E-state index contributed by atoms with van der Waals surface area (Å²) in [6.07, 6.45) is 2.19. The first kappa shape index (κ1) is 15.3. The molecule has 6 rings (SSSR count). The molecule has 0 aliphatic heterocycles. The van der Waals surface area contributed by atoms with E-state index in [1.54, 1.807) is 0 Å². The number of aromatic amines is 1. The molecule has 4 aromatic carbocycles. The fourth-order valence-corrected chi connectivity index (χ4v) is 4.32. The Hall–Kier alpha value is -3.78. The van der Waals surface area contributed by atoms with Crippen LogP contribution in [0.1, 0.15) is 0 Å². The fraction of sp³-hybridized carbons (Fsp3) is 0. The molecule has 28 heavy (non-hydrogen) atoms. The van der Waals surface area contributed by atoms with Crippen molar-refractivity contribution in [2.24, 2.45) is 0 Å². The van der Waals surface area contributed by atoms with Gasteiger partial charge in [0, 0.05) is 44.6 Å². The van der Waals surface area contributed by atoms with Crippen molar-refractivity contribution < 1.29 is 0 Å². The minimum Gasteiger partial charge on any atom is -0.354 e. The van der Waals surface area contributed by atoms with Crippen molar-refractivity contribution in [3.63, 3.8) is 0 Å². The fourth-order valence-electron chi connectivity index (χ4n) is 4.32. The molecule has 0 bridgehead atoms. The van der Waals surface area contributed by atoms with Crippen molar-refractivity contribution in [2.75, 3.05) is 0 Å². The van der Waals surface area contributed by atoms with Gasteiger partial charge in [-0.05, 0) is 35.9 Å². The van der Waals surface area contributed by atoms with Crippen LogP contribution in [0.3, 0.4) is 0 Å². The molecular formula is C26H18N2. The highest BCUT2D eigenvalue weighted by atomic mass is 15.0. The SMILES string of the molecule is c1ccc(-c2cc3[nH]c4ccccc4c3c3ccn(-c4ccccc4)c23)cc1. The van der Waals surface area contributed by atoms with E-state index in [0.29, 0.717) is 0 Å². The van der Waals surface area contributed by atoms with Gasteiger partial charge in [0.1, 0.15) is 0 Å². The molecule has 0 radical (unpaired) electrons. The van der Waals surface area contributed by atoms with Gasteiger partial charge in [0.05, 0.1) is 5.52 Å². The van der Waals surface area contributed by atoms with Gasteiger partial charge in [-0.1, -0.05) is 66.7 Å². The number of para-hydroxylation sites is 2. The van der Waals surface area contributed by atoms with Crippen molar-refractivity contribution in [1.82, 2.24) is 9.55 Å². The predicted octanol–water partition coefficient (Wildman–Crippen LogP) is 6.93. The van der Waals surface area contributed by atoms with Crippen LogP contribution in [0.2, 0.25) is 0 Å². The molecule has 2 heteroatoms. The molecule has 0 saturated carbocycles. The van der Waals surface area contributed by atoms with Gasteiger partial charge in [-0.15, -0.1) is 0 Å². The van der Waals surface area contributed by atoms with Crippen LogP contribution >= 0.6 is 0 Å². The number of H-pyrrole nitrogens is 1. The van der Waals surface area contributed by atoms with E-state index < -0.39 is 0 Å². The second-order valence-corrected chi connectivity index (χ2v) is 7.17. The minimum atomic E-state index is 1.17. The molecular weight excluding hydrogens is 340 g/mol. The van der Waals surface area contributed by atoms with Crippen LogP contribution in [-0.2, 0) is 0 Å². The molecule has 0 spiro atoms. The Labute approximate surface area is 162 Å². The molecule has 2 aromatic heterocycles. The van der Waals surface area contributed by atoms with Gasteiger partial charge < -0.3 is 9.55 Å². The summed E-state index contributed by atoms with van der Waals surface area (Å²) in [5.41, 5.74) is 7.24. The van der Waals surface area contributed by atoms with Crippen LogP contribution in [0.4, 0.5) is 0 Å². The van der Waals surface area contributed by atoms with Crippen molar-refractivity contribution in [3.05, 3.63) is 103 Å². The molecule has 0 saturated heterocycles. The molecule has 0 amide bonds. The summed E-state index contributed by atoms with van der Waals surface area (Å²) < 4.78 is 2.30. The van der Waals surface area contributed by atoms with Crippen molar-refractivity contribution in [3.8, 4) is 16.8 Å². The largest absolute Gasteiger partial charge is 0.354 e. The summed E-state index contributed by atoms with van der Waals surface area (Å²) in [6, 6.07) is 34.3. The highest BCUT2D eigenvalue weighted by Crippen LogP contribution is 2.39. The van der Waals surface area contributed by atoms with Crippen molar-refractivity contribution >= 4 is 32.7 Å². The number of nitrogens with one attached hydrogen (secondary N) is 1. The van der Waals surface area contributed by atoms with Crippen molar-refractivity contribution in [2.45, 2.75) is 0 Å². The number of nitrogens with zero attached hydrogens (tertiary/aromatic N) is 1. The molecule has 0 atom stereocenters. The Morgan fingerprint density at radius 3 is 2.14 bits per heavy atom. The first-order valence-electron chi connectivity index (χ1n) is 9.55. The molecule has 132 valence electrons. The molecule has 2 nitrogen and oxygen atoms in total. The molecule has 0 aliphatic rings. The second kappa shape index (κ2) is 5.86. The number of aromatic nitrogens is 2. The van der Waals surface area contributed by atoms with Gasteiger partial charge in [0.15, 0.2) is 0 Å². The monoisotopic (exact) mass is 358 g/mol. The molecule has 0 fully saturated rings. The van der Waals surface area contributed by atoms with Crippen LogP contribution in [0.25, 0.3) is 49.5 Å². The lowest BCUT2D eigenvalue weighted by Crippen LogP contribution is -1.93. The van der Waals surface area contributed by atoms with E-state index in [1.165, 1.54) is 49.5 Å². The maximum absolute atomic E-state index is 3.62. The maximum Gasteiger partial charge on any atom is 0.0614 e. The highest BCUT2D eigenvalue weighted by Gasteiger charge is 2.16. The molecule has 2 heterocycles. The summed E-state index contributed by atoms with van der Waals surface area (Å²) >= 11 is 0. The van der Waals surface area contributed by atoms with Gasteiger partial charge in [0.25, 0.3) is 0 Å². The zero-order valence-electron chi connectivity index (χ0n) is 15.3. The first-order valence-corrected chi connectivity index (χ1v) is 9.55. The van der Waals surface area contributed by atoms with E-state index in [4.69, 9.17) is 0 Å². The Morgan fingerprint density at radius 1 is 0.607 bits per heavy atom. The van der Waals surface area contributed by atoms with E-state index in [2.05, 4.69) is 113 Å². The number of rotatable bonds is 2. The summed E-state index contributed by atoms with van der Waals surface area (Å²) in [5, 5.41) is 3.84. The highest BCUT2D eigenvalue weighted by molar-refractivity contribution is 6.23. The second-order valence-electron chi connectivity index (χ2n) is 7.17. The average molecular weight is 358 g/mol. The zero-order valence-corrected chi connectivity index (χ0v) is 15.3. The third kappa shape index (κ3) is 2.15. The Morgan fingerprint density at radius 2 is 1.32 bits per heavy atom. The standard InChI is InChI=1S/C26H18N2/c1-3-9-18(10-4-1)22-17-24-25(20-13-7-8-14-23(20)27-24)21-15-16-28(26(21)22)19-11-5-2-6-12-19/h1-17,27H. The third-order valence-corrected chi connectivity index (χ3v) is 5.55. The van der Waals surface area contributed by atoms with E-state index in [0.717, 1.165) is 0 Å². The Kier molecular flexibility index (Phi) is 3.20. The van der Waals surface area contributed by atoms with E-state index >= 15 is 0 Å². The summed E-state index contributed by atoms with van der Waals surface area (Å²) in [4.78, 5) is 3.62. The lowest BCUT2D eigenvalue weighted by atomic mass is 9.99. The lowest BCUT2D eigenvalue weighted by molar-refractivity contribution is 1.13. The molecule has 1 N–H and O–H groups in total. The smallest absolute Gasteiger partial charge is 0.0614 e. The van der Waals surface area contributed by atoms with Gasteiger partial charge in [-0.2, -0.15) is 0 Å². The van der Waals surface area contributed by atoms with Crippen LogP contribution in [-0.4, -0.2) is 9.55 Å². The van der Waals surface area contributed by atoms with E-state index in [-0.39, 0.29) is 0 Å². The zero-order chi connectivity index (χ0) is 18.5. The lowest BCUT2D eigenvalue weighted by Gasteiger charge is -2.11. The van der Waals surface area contributed by atoms with Crippen LogP contribution < -0.4 is 0 Å². The number of benzene rings is 4. The Bertz CT molecular complexity index is 1440. The molecule has 0 unspecified atom stereocenters. The minimum absolute atomic E-state index is 1.17. The normalized spacial score (nSPS) is 11.6. The average Bonchev–Trinajstić information content (AvgIpc) is 3.36. The topological polar surface area (TPSA) is 20.7 Å². The van der Waals surface area contributed by atoms with Crippen LogP contribution in [0.5, 0.6) is 0 Å². The number of fused-ring (bicyclic) bond motifs is 5.